The fourth-order valence-electron chi connectivity index (χ4n) is 5.15. The Morgan fingerprint density at radius 1 is 0.462 bits per heavy atom. The van der Waals surface area contributed by atoms with E-state index in [1.807, 2.05) is 109 Å². The molecule has 0 aliphatic heterocycles. The topological polar surface area (TPSA) is 47.8 Å². The number of hydrogen-bond acceptors (Lipinski definition) is 3. The second kappa shape index (κ2) is 9.51. The van der Waals surface area contributed by atoms with E-state index in [9.17, 15) is 4.79 Å². The smallest absolute Gasteiger partial charge is 0.197 e. The monoisotopic (exact) mass is 501 g/mol. The van der Waals surface area contributed by atoms with Gasteiger partial charge in [0.2, 0.25) is 0 Å². The van der Waals surface area contributed by atoms with Gasteiger partial charge in [0.25, 0.3) is 0 Å². The molecule has 0 bridgehead atoms. The highest BCUT2D eigenvalue weighted by atomic mass is 16.1. The van der Waals surface area contributed by atoms with Crippen molar-refractivity contribution >= 4 is 21.8 Å². The van der Waals surface area contributed by atoms with Crippen molar-refractivity contribution in [2.45, 2.75) is 0 Å². The van der Waals surface area contributed by atoms with Crippen LogP contribution >= 0.6 is 0 Å². The molecule has 0 aliphatic rings. The molecule has 0 amide bonds. The molecule has 0 fully saturated rings. The zero-order chi connectivity index (χ0) is 26.2. The summed E-state index contributed by atoms with van der Waals surface area (Å²) >= 11 is 0. The van der Waals surface area contributed by atoms with Crippen LogP contribution in [0.25, 0.3) is 61.4 Å². The highest BCUT2D eigenvalue weighted by Crippen LogP contribution is 2.30. The summed E-state index contributed by atoms with van der Waals surface area (Å²) in [5.74, 6) is 0.677. The number of rotatable bonds is 4. The van der Waals surface area contributed by atoms with Gasteiger partial charge < -0.3 is 4.57 Å². The third kappa shape index (κ3) is 4.09. The first kappa shape index (κ1) is 22.8. The quantitative estimate of drug-likeness (QED) is 0.230. The van der Waals surface area contributed by atoms with Gasteiger partial charge in [0.1, 0.15) is 0 Å². The molecule has 184 valence electrons. The molecule has 0 spiro atoms. The number of para-hydroxylation sites is 2. The summed E-state index contributed by atoms with van der Waals surface area (Å²) in [5, 5.41) is 1.39. The second-order valence-electron chi connectivity index (χ2n) is 9.44. The van der Waals surface area contributed by atoms with Crippen molar-refractivity contribution < 1.29 is 0 Å². The largest absolute Gasteiger partial charge is 0.309 e. The van der Waals surface area contributed by atoms with Gasteiger partial charge in [0, 0.05) is 33.2 Å². The van der Waals surface area contributed by atoms with Crippen LogP contribution < -0.4 is 5.43 Å². The summed E-state index contributed by atoms with van der Waals surface area (Å²) < 4.78 is 2.16. The molecule has 39 heavy (non-hydrogen) atoms. The van der Waals surface area contributed by atoms with E-state index in [2.05, 4.69) is 34.9 Å². The maximum Gasteiger partial charge on any atom is 0.197 e. The molecule has 4 heteroatoms. The van der Waals surface area contributed by atoms with Crippen molar-refractivity contribution in [2.24, 2.45) is 0 Å². The van der Waals surface area contributed by atoms with Crippen LogP contribution in [0.4, 0.5) is 0 Å². The minimum Gasteiger partial charge on any atom is -0.309 e. The van der Waals surface area contributed by atoms with Gasteiger partial charge in [-0.05, 0) is 42.5 Å². The van der Waals surface area contributed by atoms with E-state index in [0.29, 0.717) is 16.6 Å². The Kier molecular flexibility index (Phi) is 5.56. The van der Waals surface area contributed by atoms with Crippen molar-refractivity contribution in [2.75, 3.05) is 0 Å². The minimum absolute atomic E-state index is 0.0458. The Morgan fingerprint density at radius 2 is 0.974 bits per heavy atom. The molecule has 0 saturated carbocycles. The van der Waals surface area contributed by atoms with E-state index < -0.39 is 0 Å². The van der Waals surface area contributed by atoms with Crippen molar-refractivity contribution in [1.82, 2.24) is 14.5 Å². The summed E-state index contributed by atoms with van der Waals surface area (Å²) in [6.07, 6.45) is 0. The van der Waals surface area contributed by atoms with Crippen LogP contribution in [0.1, 0.15) is 0 Å². The third-order valence-electron chi connectivity index (χ3n) is 7.01. The van der Waals surface area contributed by atoms with Crippen LogP contribution in [0.15, 0.2) is 144 Å². The average Bonchev–Trinajstić information content (AvgIpc) is 3.02. The molecule has 5 aromatic carbocycles. The lowest BCUT2D eigenvalue weighted by Crippen LogP contribution is -2.10. The number of benzene rings is 5. The molecule has 0 N–H and O–H groups in total. The summed E-state index contributed by atoms with van der Waals surface area (Å²) in [6, 6.07) is 46.2. The third-order valence-corrected chi connectivity index (χ3v) is 7.01. The zero-order valence-electron chi connectivity index (χ0n) is 21.0. The maximum absolute atomic E-state index is 13.3. The molecular formula is C35H23N3O. The van der Waals surface area contributed by atoms with Gasteiger partial charge in [-0.2, -0.15) is 0 Å². The molecule has 0 atom stereocenters. The van der Waals surface area contributed by atoms with Crippen LogP contribution in [0.5, 0.6) is 0 Å². The van der Waals surface area contributed by atoms with Crippen LogP contribution in [-0.4, -0.2) is 14.5 Å². The number of hydrogen-bond donors (Lipinski definition) is 0. The molecular weight excluding hydrogens is 478 g/mol. The zero-order valence-corrected chi connectivity index (χ0v) is 21.0. The lowest BCUT2D eigenvalue weighted by Gasteiger charge is -2.16. The van der Waals surface area contributed by atoms with E-state index in [1.54, 1.807) is 0 Å². The van der Waals surface area contributed by atoms with Gasteiger partial charge in [0.05, 0.1) is 22.4 Å². The Morgan fingerprint density at radius 3 is 1.62 bits per heavy atom. The first-order valence-electron chi connectivity index (χ1n) is 12.9. The molecule has 2 heterocycles. The Labute approximate surface area is 225 Å². The van der Waals surface area contributed by atoms with Gasteiger partial charge in [-0.1, -0.05) is 97.1 Å². The molecule has 0 saturated heterocycles. The normalized spacial score (nSPS) is 11.2. The summed E-state index contributed by atoms with van der Waals surface area (Å²) in [5.41, 5.74) is 7.41. The fourth-order valence-corrected chi connectivity index (χ4v) is 5.15. The predicted molar refractivity (Wildman–Crippen MR) is 159 cm³/mol. The number of nitrogens with zero attached hydrogens (tertiary/aromatic N) is 3. The van der Waals surface area contributed by atoms with Crippen LogP contribution in [0, 0.1) is 0 Å². The first-order chi connectivity index (χ1) is 19.3. The van der Waals surface area contributed by atoms with Crippen molar-refractivity contribution in [3.05, 3.63) is 150 Å². The molecule has 0 aliphatic carbocycles. The first-order valence-corrected chi connectivity index (χ1v) is 12.9. The van der Waals surface area contributed by atoms with Gasteiger partial charge >= 0.3 is 0 Å². The van der Waals surface area contributed by atoms with E-state index in [1.165, 1.54) is 0 Å². The van der Waals surface area contributed by atoms with Crippen LogP contribution in [-0.2, 0) is 0 Å². The van der Waals surface area contributed by atoms with Crippen molar-refractivity contribution in [3.63, 3.8) is 0 Å². The minimum atomic E-state index is 0.0458. The van der Waals surface area contributed by atoms with Gasteiger partial charge in [-0.15, -0.1) is 0 Å². The van der Waals surface area contributed by atoms with Gasteiger partial charge in [0.15, 0.2) is 11.3 Å². The highest BCUT2D eigenvalue weighted by molar-refractivity contribution is 5.95. The summed E-state index contributed by atoms with van der Waals surface area (Å²) in [7, 11) is 0. The molecule has 4 nitrogen and oxygen atoms in total. The van der Waals surface area contributed by atoms with Crippen LogP contribution in [0.2, 0.25) is 0 Å². The average molecular weight is 502 g/mol. The van der Waals surface area contributed by atoms with Crippen molar-refractivity contribution in [3.8, 4) is 39.6 Å². The van der Waals surface area contributed by atoms with Crippen LogP contribution in [0.3, 0.4) is 0 Å². The maximum atomic E-state index is 13.3. The Balaban J connectivity index is 1.47. The predicted octanol–water partition coefficient (Wildman–Crippen LogP) is 7.93. The number of fused-ring (bicyclic) bond motifs is 2. The fraction of sp³-hybridized carbons (Fsp3) is 0. The highest BCUT2D eigenvalue weighted by Gasteiger charge is 2.14. The van der Waals surface area contributed by atoms with E-state index in [-0.39, 0.29) is 5.43 Å². The summed E-state index contributed by atoms with van der Waals surface area (Å²) in [4.78, 5) is 23.2. The number of pyridine rings is 1. The number of aromatic nitrogens is 3. The standard InChI is InChI=1S/C35H23N3O/c39-34-28-18-7-9-20-32(28)38(33-21-10-8-19-29(33)34)27-17-11-16-26(22-27)31-23-30(24-12-3-1-4-13-24)36-35(37-31)25-14-5-2-6-15-25/h1-23H. The van der Waals surface area contributed by atoms with E-state index in [0.717, 1.165) is 44.8 Å². The lowest BCUT2D eigenvalue weighted by molar-refractivity contribution is 1.15. The Bertz CT molecular complexity index is 1910. The van der Waals surface area contributed by atoms with E-state index >= 15 is 0 Å². The van der Waals surface area contributed by atoms with Gasteiger partial charge in [-0.3, -0.25) is 4.79 Å². The molecule has 7 aromatic rings. The SMILES string of the molecule is O=c1c2ccccc2n(-c2cccc(-c3cc(-c4ccccc4)nc(-c4ccccc4)n3)c2)c2ccccc12. The molecule has 2 aromatic heterocycles. The molecule has 0 radical (unpaired) electrons. The second-order valence-corrected chi connectivity index (χ2v) is 9.44. The Hall–Kier alpha value is -5.35. The molecule has 0 unspecified atom stereocenters. The molecule has 7 rings (SSSR count). The summed E-state index contributed by atoms with van der Waals surface area (Å²) in [6.45, 7) is 0. The van der Waals surface area contributed by atoms with Gasteiger partial charge in [-0.25, -0.2) is 9.97 Å². The van der Waals surface area contributed by atoms with E-state index in [4.69, 9.17) is 9.97 Å². The lowest BCUT2D eigenvalue weighted by atomic mass is 10.0. The van der Waals surface area contributed by atoms with Crippen molar-refractivity contribution in [1.29, 1.82) is 0 Å².